The van der Waals surface area contributed by atoms with Crippen LogP contribution < -0.4 is 11.1 Å². The molecule has 0 atom stereocenters. The first-order valence-corrected chi connectivity index (χ1v) is 5.26. The summed E-state index contributed by atoms with van der Waals surface area (Å²) in [7, 11) is 0. The summed E-state index contributed by atoms with van der Waals surface area (Å²) in [5.74, 6) is 0.0425. The highest BCUT2D eigenvalue weighted by atomic mass is 16.1. The molecule has 0 aromatic carbocycles. The molecule has 0 aromatic rings. The number of carbonyl (C=O) groups is 1. The fourth-order valence-electron chi connectivity index (χ4n) is 2.75. The van der Waals surface area contributed by atoms with E-state index in [1.165, 1.54) is 12.8 Å². The number of amides is 1. The standard InChI is InChI=1S/C10H18N2O/c11-9(13)8-2-5-10(6-3-8)4-1-7-12-10/h8,12H,1-7H2,(H2,11,13). The fraction of sp³-hybridized carbons (Fsp3) is 0.900. The van der Waals surface area contributed by atoms with E-state index in [9.17, 15) is 4.79 Å². The molecule has 0 aromatic heterocycles. The molecule has 74 valence electrons. The van der Waals surface area contributed by atoms with Gasteiger partial charge in [-0.1, -0.05) is 0 Å². The van der Waals surface area contributed by atoms with E-state index >= 15 is 0 Å². The highest BCUT2D eigenvalue weighted by Crippen LogP contribution is 2.37. The zero-order valence-corrected chi connectivity index (χ0v) is 8.01. The van der Waals surface area contributed by atoms with Crippen molar-refractivity contribution in [2.45, 2.75) is 44.1 Å². The Kier molecular flexibility index (Phi) is 2.28. The van der Waals surface area contributed by atoms with E-state index in [-0.39, 0.29) is 11.8 Å². The van der Waals surface area contributed by atoms with E-state index in [0.29, 0.717) is 5.54 Å². The average Bonchev–Trinajstić information content (AvgIpc) is 2.54. The monoisotopic (exact) mass is 182 g/mol. The topological polar surface area (TPSA) is 55.1 Å². The van der Waals surface area contributed by atoms with Crippen molar-refractivity contribution in [2.75, 3.05) is 6.54 Å². The van der Waals surface area contributed by atoms with E-state index in [4.69, 9.17) is 5.73 Å². The van der Waals surface area contributed by atoms with Crippen molar-refractivity contribution < 1.29 is 4.79 Å². The van der Waals surface area contributed by atoms with Gasteiger partial charge in [0.1, 0.15) is 0 Å². The quantitative estimate of drug-likeness (QED) is 0.629. The molecule has 1 saturated carbocycles. The third-order valence-electron chi connectivity index (χ3n) is 3.68. The van der Waals surface area contributed by atoms with Crippen LogP contribution in [0, 0.1) is 5.92 Å². The normalized spacial score (nSPS) is 39.5. The third kappa shape index (κ3) is 1.70. The van der Waals surface area contributed by atoms with Crippen LogP contribution in [0.2, 0.25) is 0 Å². The van der Waals surface area contributed by atoms with Crippen LogP contribution in [0.3, 0.4) is 0 Å². The van der Waals surface area contributed by atoms with Crippen molar-refractivity contribution in [1.82, 2.24) is 5.32 Å². The lowest BCUT2D eigenvalue weighted by molar-refractivity contribution is -0.123. The Balaban J connectivity index is 1.91. The van der Waals surface area contributed by atoms with Crippen LogP contribution in [-0.4, -0.2) is 18.0 Å². The number of nitrogens with one attached hydrogen (secondary N) is 1. The van der Waals surface area contributed by atoms with Gasteiger partial charge in [0.05, 0.1) is 0 Å². The molecule has 1 aliphatic carbocycles. The summed E-state index contributed by atoms with van der Waals surface area (Å²) in [5.41, 5.74) is 5.68. The van der Waals surface area contributed by atoms with E-state index < -0.39 is 0 Å². The van der Waals surface area contributed by atoms with Gasteiger partial charge in [-0.25, -0.2) is 0 Å². The van der Waals surface area contributed by atoms with Gasteiger partial charge in [0, 0.05) is 11.5 Å². The van der Waals surface area contributed by atoms with Crippen molar-refractivity contribution in [3.63, 3.8) is 0 Å². The average molecular weight is 182 g/mol. The number of carbonyl (C=O) groups excluding carboxylic acids is 1. The number of nitrogens with two attached hydrogens (primary N) is 1. The Bertz CT molecular complexity index is 199. The summed E-state index contributed by atoms with van der Waals surface area (Å²) in [5, 5.41) is 3.58. The second kappa shape index (κ2) is 3.29. The van der Waals surface area contributed by atoms with Crippen molar-refractivity contribution in [2.24, 2.45) is 11.7 Å². The first kappa shape index (κ1) is 9.00. The predicted molar refractivity (Wildman–Crippen MR) is 51.1 cm³/mol. The Hall–Kier alpha value is -0.570. The van der Waals surface area contributed by atoms with Crippen LogP contribution in [0.1, 0.15) is 38.5 Å². The zero-order chi connectivity index (χ0) is 9.31. The molecular weight excluding hydrogens is 164 g/mol. The number of hydrogen-bond donors (Lipinski definition) is 2. The lowest BCUT2D eigenvalue weighted by Gasteiger charge is -2.36. The maximum absolute atomic E-state index is 11.0. The minimum Gasteiger partial charge on any atom is -0.369 e. The molecule has 0 radical (unpaired) electrons. The van der Waals surface area contributed by atoms with Crippen molar-refractivity contribution in [3.05, 3.63) is 0 Å². The summed E-state index contributed by atoms with van der Waals surface area (Å²) >= 11 is 0. The van der Waals surface area contributed by atoms with Crippen LogP contribution in [0.5, 0.6) is 0 Å². The largest absolute Gasteiger partial charge is 0.369 e. The van der Waals surface area contributed by atoms with E-state index in [0.717, 1.165) is 32.2 Å². The maximum Gasteiger partial charge on any atom is 0.220 e. The van der Waals surface area contributed by atoms with Crippen LogP contribution >= 0.6 is 0 Å². The fourth-order valence-corrected chi connectivity index (χ4v) is 2.75. The first-order chi connectivity index (χ1) is 6.22. The molecule has 0 bridgehead atoms. The molecule has 13 heavy (non-hydrogen) atoms. The van der Waals surface area contributed by atoms with Gasteiger partial charge in [0.2, 0.25) is 5.91 Å². The van der Waals surface area contributed by atoms with Gasteiger partial charge in [0.25, 0.3) is 0 Å². The van der Waals surface area contributed by atoms with Gasteiger partial charge >= 0.3 is 0 Å². The van der Waals surface area contributed by atoms with Crippen LogP contribution in [0.15, 0.2) is 0 Å². The van der Waals surface area contributed by atoms with Gasteiger partial charge < -0.3 is 11.1 Å². The van der Waals surface area contributed by atoms with E-state index in [1.807, 2.05) is 0 Å². The van der Waals surface area contributed by atoms with Crippen molar-refractivity contribution in [3.8, 4) is 0 Å². The predicted octanol–water partition coefficient (Wildman–Crippen LogP) is 0.784. The molecule has 3 nitrogen and oxygen atoms in total. The molecule has 3 heteroatoms. The second-order valence-corrected chi connectivity index (χ2v) is 4.49. The third-order valence-corrected chi connectivity index (χ3v) is 3.68. The van der Waals surface area contributed by atoms with Crippen molar-refractivity contribution >= 4 is 5.91 Å². The second-order valence-electron chi connectivity index (χ2n) is 4.49. The highest BCUT2D eigenvalue weighted by Gasteiger charge is 2.38. The Labute approximate surface area is 79.1 Å². The molecule has 1 saturated heterocycles. The lowest BCUT2D eigenvalue weighted by atomic mass is 9.75. The highest BCUT2D eigenvalue weighted by molar-refractivity contribution is 5.76. The summed E-state index contributed by atoms with van der Waals surface area (Å²) in [6.07, 6.45) is 6.84. The summed E-state index contributed by atoms with van der Waals surface area (Å²) in [4.78, 5) is 11.0. The molecule has 1 aliphatic heterocycles. The molecule has 0 unspecified atom stereocenters. The zero-order valence-electron chi connectivity index (χ0n) is 8.01. The Morgan fingerprint density at radius 2 is 2.00 bits per heavy atom. The van der Waals surface area contributed by atoms with Crippen LogP contribution in [0.4, 0.5) is 0 Å². The van der Waals surface area contributed by atoms with Crippen LogP contribution in [0.25, 0.3) is 0 Å². The summed E-state index contributed by atoms with van der Waals surface area (Å²) in [6.45, 7) is 1.15. The molecule has 2 fully saturated rings. The van der Waals surface area contributed by atoms with Gasteiger partial charge in [-0.2, -0.15) is 0 Å². The number of hydrogen-bond acceptors (Lipinski definition) is 2. The molecule has 1 spiro atoms. The Morgan fingerprint density at radius 1 is 1.31 bits per heavy atom. The van der Waals surface area contributed by atoms with Crippen LogP contribution in [-0.2, 0) is 4.79 Å². The molecule has 2 aliphatic rings. The smallest absolute Gasteiger partial charge is 0.220 e. The van der Waals surface area contributed by atoms with Gasteiger partial charge in [-0.3, -0.25) is 4.79 Å². The SMILES string of the molecule is NC(=O)C1CCC2(CCCN2)CC1. The lowest BCUT2D eigenvalue weighted by Crippen LogP contribution is -2.44. The maximum atomic E-state index is 11.0. The van der Waals surface area contributed by atoms with E-state index in [2.05, 4.69) is 5.32 Å². The molecule has 3 N–H and O–H groups in total. The number of primary amides is 1. The first-order valence-electron chi connectivity index (χ1n) is 5.26. The molecule has 2 rings (SSSR count). The van der Waals surface area contributed by atoms with E-state index in [1.54, 1.807) is 0 Å². The minimum absolute atomic E-state index is 0.104. The van der Waals surface area contributed by atoms with Gasteiger partial charge in [0.15, 0.2) is 0 Å². The molecular formula is C10H18N2O. The van der Waals surface area contributed by atoms with Gasteiger partial charge in [-0.05, 0) is 45.1 Å². The minimum atomic E-state index is -0.104. The van der Waals surface area contributed by atoms with Gasteiger partial charge in [-0.15, -0.1) is 0 Å². The number of rotatable bonds is 1. The molecule has 1 amide bonds. The summed E-state index contributed by atoms with van der Waals surface area (Å²) < 4.78 is 0. The molecule has 1 heterocycles. The van der Waals surface area contributed by atoms with Crippen molar-refractivity contribution in [1.29, 1.82) is 0 Å². The summed E-state index contributed by atoms with van der Waals surface area (Å²) in [6, 6.07) is 0. The Morgan fingerprint density at radius 3 is 2.46 bits per heavy atom.